The number of hydrogen-bond donors (Lipinski definition) is 0. The van der Waals surface area contributed by atoms with Crippen LogP contribution in [0.25, 0.3) is 0 Å². The summed E-state index contributed by atoms with van der Waals surface area (Å²) >= 11 is 9.90. The van der Waals surface area contributed by atoms with E-state index in [1.807, 2.05) is 32.9 Å². The molecule has 2 aliphatic heterocycles. The van der Waals surface area contributed by atoms with Crippen LogP contribution in [0.5, 0.6) is 0 Å². The number of likely N-dealkylation sites (tertiary alicyclic amines) is 1. The van der Waals surface area contributed by atoms with Gasteiger partial charge in [-0.3, -0.25) is 0 Å². The number of fused-ring (bicyclic) bond motifs is 1. The average molecular weight is 446 g/mol. The van der Waals surface area contributed by atoms with Crippen LogP contribution < -0.4 is 4.90 Å². The second-order valence-electron chi connectivity index (χ2n) is 7.92. The van der Waals surface area contributed by atoms with Crippen molar-refractivity contribution in [3.05, 3.63) is 27.2 Å². The van der Waals surface area contributed by atoms with Crippen molar-refractivity contribution in [1.82, 2.24) is 4.90 Å². The zero-order valence-electron chi connectivity index (χ0n) is 15.7. The molecule has 0 radical (unpaired) electrons. The first-order valence-electron chi connectivity index (χ1n) is 8.95. The molecule has 2 atom stereocenters. The third-order valence-electron chi connectivity index (χ3n) is 4.83. The van der Waals surface area contributed by atoms with Crippen molar-refractivity contribution in [1.29, 1.82) is 0 Å². The van der Waals surface area contributed by atoms with E-state index in [-0.39, 0.29) is 18.2 Å². The van der Waals surface area contributed by atoms with Gasteiger partial charge in [0, 0.05) is 29.7 Å². The van der Waals surface area contributed by atoms with Crippen LogP contribution in [0, 0.1) is 0 Å². The number of aryl methyl sites for hydroxylation is 1. The van der Waals surface area contributed by atoms with Crippen LogP contribution in [-0.4, -0.2) is 55.5 Å². The molecule has 1 saturated heterocycles. The van der Waals surface area contributed by atoms with Crippen LogP contribution in [0.4, 0.5) is 10.5 Å². The summed E-state index contributed by atoms with van der Waals surface area (Å²) in [6.45, 7) is 7.70. The molecule has 0 unspecified atom stereocenters. The molecule has 0 N–H and O–H groups in total. The van der Waals surface area contributed by atoms with Gasteiger partial charge in [0.05, 0.1) is 24.4 Å². The maximum absolute atomic E-state index is 12.5. The van der Waals surface area contributed by atoms with Crippen LogP contribution in [-0.2, 0) is 15.9 Å². The zero-order valence-corrected chi connectivity index (χ0v) is 18.1. The van der Waals surface area contributed by atoms with Crippen molar-refractivity contribution in [2.24, 2.45) is 0 Å². The van der Waals surface area contributed by atoms with Gasteiger partial charge >= 0.3 is 6.09 Å². The Labute approximate surface area is 168 Å². The number of anilines is 1. The fourth-order valence-electron chi connectivity index (χ4n) is 3.78. The Morgan fingerprint density at radius 2 is 2.04 bits per heavy atom. The molecule has 0 saturated carbocycles. The second-order valence-corrected chi connectivity index (χ2v) is 9.21. The summed E-state index contributed by atoms with van der Waals surface area (Å²) in [5.41, 5.74) is 1.90. The summed E-state index contributed by atoms with van der Waals surface area (Å²) in [6, 6.07) is 4.06. The van der Waals surface area contributed by atoms with Crippen LogP contribution in [0.1, 0.15) is 32.8 Å². The first-order valence-corrected chi connectivity index (χ1v) is 10.1. The molecular weight excluding hydrogens is 420 g/mol. The fraction of sp³-hybridized carbons (Fsp3) is 0.632. The molecule has 0 aromatic heterocycles. The molecule has 1 fully saturated rings. The SMILES string of the molecule is CO[C@@H]1CN(C(=O)OC(C)(C)C)C[C@H]1N1CCCc2cc(Cl)cc(Br)c21. The minimum Gasteiger partial charge on any atom is -0.444 e. The smallest absolute Gasteiger partial charge is 0.410 e. The molecule has 2 aliphatic rings. The number of carbonyl (C=O) groups is 1. The summed E-state index contributed by atoms with van der Waals surface area (Å²) in [6.07, 6.45) is 1.72. The minimum atomic E-state index is -0.505. The van der Waals surface area contributed by atoms with E-state index in [9.17, 15) is 4.79 Å². The largest absolute Gasteiger partial charge is 0.444 e. The van der Waals surface area contributed by atoms with Gasteiger partial charge in [-0.1, -0.05) is 11.6 Å². The maximum atomic E-state index is 12.5. The van der Waals surface area contributed by atoms with E-state index in [1.54, 1.807) is 12.0 Å². The number of carbonyl (C=O) groups excluding carboxylic acids is 1. The second kappa shape index (κ2) is 7.56. The summed E-state index contributed by atoms with van der Waals surface area (Å²) in [5.74, 6) is 0. The summed E-state index contributed by atoms with van der Waals surface area (Å²) < 4.78 is 12.3. The van der Waals surface area contributed by atoms with E-state index in [1.165, 1.54) is 11.3 Å². The predicted molar refractivity (Wildman–Crippen MR) is 107 cm³/mol. The lowest BCUT2D eigenvalue weighted by molar-refractivity contribution is 0.0252. The van der Waals surface area contributed by atoms with Crippen molar-refractivity contribution < 1.29 is 14.3 Å². The van der Waals surface area contributed by atoms with E-state index in [0.29, 0.717) is 13.1 Å². The van der Waals surface area contributed by atoms with Crippen molar-refractivity contribution in [2.75, 3.05) is 31.6 Å². The topological polar surface area (TPSA) is 42.0 Å². The van der Waals surface area contributed by atoms with E-state index in [0.717, 1.165) is 28.9 Å². The Balaban J connectivity index is 1.85. The maximum Gasteiger partial charge on any atom is 0.410 e. The molecule has 0 bridgehead atoms. The van der Waals surface area contributed by atoms with Gasteiger partial charge in [0.2, 0.25) is 0 Å². The van der Waals surface area contributed by atoms with Crippen molar-refractivity contribution in [3.63, 3.8) is 0 Å². The zero-order chi connectivity index (χ0) is 19.1. The Kier molecular flexibility index (Phi) is 5.75. The van der Waals surface area contributed by atoms with Gasteiger partial charge in [-0.05, 0) is 67.2 Å². The normalized spacial score (nSPS) is 23.2. The van der Waals surface area contributed by atoms with Crippen LogP contribution in [0.2, 0.25) is 5.02 Å². The molecule has 0 spiro atoms. The highest BCUT2D eigenvalue weighted by Crippen LogP contribution is 2.39. The molecule has 1 amide bonds. The number of ether oxygens (including phenoxy) is 2. The van der Waals surface area contributed by atoms with Gasteiger partial charge in [-0.15, -0.1) is 0 Å². The Morgan fingerprint density at radius 1 is 1.31 bits per heavy atom. The lowest BCUT2D eigenvalue weighted by Crippen LogP contribution is -2.47. The number of methoxy groups -OCH3 is 1. The molecule has 144 valence electrons. The van der Waals surface area contributed by atoms with Crippen molar-refractivity contribution in [3.8, 4) is 0 Å². The Hall–Kier alpha value is -0.980. The van der Waals surface area contributed by atoms with E-state index >= 15 is 0 Å². The van der Waals surface area contributed by atoms with Crippen molar-refractivity contribution in [2.45, 2.75) is 51.4 Å². The number of nitrogens with zero attached hydrogens (tertiary/aromatic N) is 2. The highest BCUT2D eigenvalue weighted by molar-refractivity contribution is 9.10. The van der Waals surface area contributed by atoms with Gasteiger partial charge in [0.1, 0.15) is 5.60 Å². The van der Waals surface area contributed by atoms with Crippen LogP contribution >= 0.6 is 27.5 Å². The molecule has 1 aromatic carbocycles. The van der Waals surface area contributed by atoms with Gasteiger partial charge in [0.25, 0.3) is 0 Å². The van der Waals surface area contributed by atoms with Gasteiger partial charge in [-0.2, -0.15) is 0 Å². The lowest BCUT2D eigenvalue weighted by atomic mass is 9.99. The molecule has 7 heteroatoms. The van der Waals surface area contributed by atoms with Gasteiger partial charge in [-0.25, -0.2) is 4.79 Å². The molecular formula is C19H26BrClN2O3. The number of halogens is 2. The molecule has 26 heavy (non-hydrogen) atoms. The molecule has 0 aliphatic carbocycles. The minimum absolute atomic E-state index is 0.0592. The fourth-order valence-corrected chi connectivity index (χ4v) is 4.88. The quantitative estimate of drug-likeness (QED) is 0.673. The highest BCUT2D eigenvalue weighted by atomic mass is 79.9. The third-order valence-corrected chi connectivity index (χ3v) is 5.65. The number of hydrogen-bond acceptors (Lipinski definition) is 4. The third kappa shape index (κ3) is 4.12. The molecule has 5 nitrogen and oxygen atoms in total. The summed E-state index contributed by atoms with van der Waals surface area (Å²) in [4.78, 5) is 16.6. The summed E-state index contributed by atoms with van der Waals surface area (Å²) in [7, 11) is 1.71. The van der Waals surface area contributed by atoms with Crippen molar-refractivity contribution >= 4 is 39.3 Å². The molecule has 2 heterocycles. The molecule has 3 rings (SSSR count). The van der Waals surface area contributed by atoms with E-state index in [2.05, 4.69) is 20.8 Å². The van der Waals surface area contributed by atoms with E-state index < -0.39 is 5.60 Å². The first-order chi connectivity index (χ1) is 12.2. The number of rotatable bonds is 2. The van der Waals surface area contributed by atoms with Crippen LogP contribution in [0.15, 0.2) is 16.6 Å². The average Bonchev–Trinajstić information content (AvgIpc) is 2.96. The van der Waals surface area contributed by atoms with E-state index in [4.69, 9.17) is 21.1 Å². The predicted octanol–water partition coefficient (Wildman–Crippen LogP) is 4.49. The van der Waals surface area contributed by atoms with Crippen LogP contribution in [0.3, 0.4) is 0 Å². The van der Waals surface area contributed by atoms with Gasteiger partial charge in [0.15, 0.2) is 0 Å². The Morgan fingerprint density at radius 3 is 2.69 bits per heavy atom. The lowest BCUT2D eigenvalue weighted by Gasteiger charge is -2.38. The number of benzene rings is 1. The number of amides is 1. The first kappa shape index (κ1) is 19.8. The molecule has 1 aromatic rings. The van der Waals surface area contributed by atoms with Gasteiger partial charge < -0.3 is 19.3 Å². The summed E-state index contributed by atoms with van der Waals surface area (Å²) in [5, 5.41) is 0.738. The monoisotopic (exact) mass is 444 g/mol. The standard InChI is InChI=1S/C19H26BrClN2O3/c1-19(2,3)26-18(24)22-10-15(16(11-22)25-4)23-7-5-6-12-8-13(21)9-14(20)17(12)23/h8-9,15-16H,5-7,10-11H2,1-4H3/t15-,16-/m1/s1. The highest BCUT2D eigenvalue weighted by Gasteiger charge is 2.42. The Bertz CT molecular complexity index is 692.